The molecule has 0 radical (unpaired) electrons. The van der Waals surface area contributed by atoms with E-state index in [1.165, 1.54) is 33.5 Å². The number of hydrogen-bond donors (Lipinski definition) is 2. The molecule has 2 amide bonds. The lowest BCUT2D eigenvalue weighted by molar-refractivity contribution is -0.123. The molecule has 0 aliphatic rings. The number of ether oxygens (including phenoxy) is 4. The van der Waals surface area contributed by atoms with E-state index in [1.54, 1.807) is 6.07 Å². The van der Waals surface area contributed by atoms with Crippen LogP contribution < -0.4 is 29.8 Å². The molecule has 0 spiro atoms. The lowest BCUT2D eigenvalue weighted by Gasteiger charge is -2.14. The first-order valence-corrected chi connectivity index (χ1v) is 9.73. The van der Waals surface area contributed by atoms with Crippen molar-refractivity contribution in [3.8, 4) is 34.1 Å². The minimum absolute atomic E-state index is 0.218. The average molecular weight is 436 g/mol. The molecule has 3 aromatic rings. The summed E-state index contributed by atoms with van der Waals surface area (Å²) in [5.41, 5.74) is 6.74. The molecular formula is C24H24N2O6. The largest absolute Gasteiger partial charge is 0.493 e. The number of para-hydroxylation sites is 1. The zero-order valence-corrected chi connectivity index (χ0v) is 18.0. The van der Waals surface area contributed by atoms with Crippen LogP contribution in [0.5, 0.6) is 23.0 Å². The summed E-state index contributed by atoms with van der Waals surface area (Å²) in [5, 5.41) is 0. The summed E-state index contributed by atoms with van der Waals surface area (Å²) >= 11 is 0. The number of carbonyl (C=O) groups excluding carboxylic acids is 2. The molecule has 0 heterocycles. The van der Waals surface area contributed by atoms with E-state index in [2.05, 4.69) is 10.9 Å². The van der Waals surface area contributed by atoms with Crippen molar-refractivity contribution in [1.82, 2.24) is 10.9 Å². The predicted octanol–water partition coefficient (Wildman–Crippen LogP) is 3.22. The Bertz CT molecular complexity index is 1060. The van der Waals surface area contributed by atoms with Gasteiger partial charge in [0.15, 0.2) is 18.1 Å². The molecule has 0 atom stereocenters. The third kappa shape index (κ3) is 5.28. The normalized spacial score (nSPS) is 10.1. The van der Waals surface area contributed by atoms with Gasteiger partial charge in [0, 0.05) is 11.1 Å². The number of benzene rings is 3. The maximum atomic E-state index is 12.5. The zero-order valence-electron chi connectivity index (χ0n) is 18.0. The summed E-state index contributed by atoms with van der Waals surface area (Å²) in [4.78, 5) is 24.7. The SMILES string of the molecule is COc1cc(C(=O)NNC(=O)COc2ccccc2-c2ccccc2)cc(OC)c1OC. The highest BCUT2D eigenvalue weighted by Crippen LogP contribution is 2.38. The van der Waals surface area contributed by atoms with Crippen molar-refractivity contribution in [2.45, 2.75) is 0 Å². The van der Waals surface area contributed by atoms with Crippen LogP contribution >= 0.6 is 0 Å². The van der Waals surface area contributed by atoms with Crippen molar-refractivity contribution < 1.29 is 28.5 Å². The average Bonchev–Trinajstić information content (AvgIpc) is 2.85. The van der Waals surface area contributed by atoms with Crippen molar-refractivity contribution in [2.75, 3.05) is 27.9 Å². The van der Waals surface area contributed by atoms with E-state index in [-0.39, 0.29) is 12.2 Å². The van der Waals surface area contributed by atoms with Gasteiger partial charge in [-0.05, 0) is 23.8 Å². The molecule has 0 saturated heterocycles. The van der Waals surface area contributed by atoms with Gasteiger partial charge in [-0.1, -0.05) is 48.5 Å². The lowest BCUT2D eigenvalue weighted by atomic mass is 10.1. The van der Waals surface area contributed by atoms with Gasteiger partial charge in [-0.25, -0.2) is 0 Å². The zero-order chi connectivity index (χ0) is 22.9. The van der Waals surface area contributed by atoms with E-state index >= 15 is 0 Å². The highest BCUT2D eigenvalue weighted by Gasteiger charge is 2.17. The van der Waals surface area contributed by atoms with Crippen LogP contribution in [0.2, 0.25) is 0 Å². The monoisotopic (exact) mass is 436 g/mol. The molecule has 8 heteroatoms. The van der Waals surface area contributed by atoms with Gasteiger partial charge < -0.3 is 18.9 Å². The first-order valence-electron chi connectivity index (χ1n) is 9.73. The number of nitrogens with one attached hydrogen (secondary N) is 2. The van der Waals surface area contributed by atoms with Gasteiger partial charge in [0.1, 0.15) is 5.75 Å². The third-order valence-electron chi connectivity index (χ3n) is 4.57. The van der Waals surface area contributed by atoms with Crippen molar-refractivity contribution in [2.24, 2.45) is 0 Å². The van der Waals surface area contributed by atoms with Crippen LogP contribution in [0, 0.1) is 0 Å². The van der Waals surface area contributed by atoms with Gasteiger partial charge in [-0.3, -0.25) is 20.4 Å². The Morgan fingerprint density at radius 3 is 2.00 bits per heavy atom. The third-order valence-corrected chi connectivity index (χ3v) is 4.57. The number of carbonyl (C=O) groups is 2. The van der Waals surface area contributed by atoms with Crippen LogP contribution in [0.25, 0.3) is 11.1 Å². The first kappa shape index (κ1) is 22.5. The van der Waals surface area contributed by atoms with Crippen LogP contribution in [0.4, 0.5) is 0 Å². The molecule has 0 unspecified atom stereocenters. The Hall–Kier alpha value is -4.20. The summed E-state index contributed by atoms with van der Waals surface area (Å²) in [6.07, 6.45) is 0. The van der Waals surface area contributed by atoms with E-state index in [4.69, 9.17) is 18.9 Å². The minimum Gasteiger partial charge on any atom is -0.493 e. The van der Waals surface area contributed by atoms with E-state index in [1.807, 2.05) is 48.5 Å². The van der Waals surface area contributed by atoms with Gasteiger partial charge in [-0.2, -0.15) is 0 Å². The second-order valence-electron chi connectivity index (χ2n) is 6.57. The topological polar surface area (TPSA) is 95.1 Å². The smallest absolute Gasteiger partial charge is 0.276 e. The molecule has 2 N–H and O–H groups in total. The minimum atomic E-state index is -0.553. The molecular weight excluding hydrogens is 412 g/mol. The lowest BCUT2D eigenvalue weighted by Crippen LogP contribution is -2.43. The van der Waals surface area contributed by atoms with Crippen molar-refractivity contribution >= 4 is 11.8 Å². The van der Waals surface area contributed by atoms with Gasteiger partial charge in [0.2, 0.25) is 5.75 Å². The van der Waals surface area contributed by atoms with E-state index in [0.29, 0.717) is 23.0 Å². The molecule has 0 aliphatic carbocycles. The van der Waals surface area contributed by atoms with E-state index in [0.717, 1.165) is 11.1 Å². The molecule has 0 aromatic heterocycles. The van der Waals surface area contributed by atoms with Crippen molar-refractivity contribution in [3.63, 3.8) is 0 Å². The first-order chi connectivity index (χ1) is 15.6. The number of methoxy groups -OCH3 is 3. The summed E-state index contributed by atoms with van der Waals surface area (Å²) in [6.45, 7) is -0.278. The van der Waals surface area contributed by atoms with Crippen molar-refractivity contribution in [1.29, 1.82) is 0 Å². The number of hydrogen-bond acceptors (Lipinski definition) is 6. The van der Waals surface area contributed by atoms with E-state index in [9.17, 15) is 9.59 Å². The molecule has 0 aliphatic heterocycles. The summed E-state index contributed by atoms with van der Waals surface area (Å²) in [5.74, 6) is 0.496. The highest BCUT2D eigenvalue weighted by molar-refractivity contribution is 5.96. The quantitative estimate of drug-likeness (QED) is 0.527. The maximum Gasteiger partial charge on any atom is 0.276 e. The summed E-state index contributed by atoms with van der Waals surface area (Å²) < 4.78 is 21.4. The van der Waals surface area contributed by atoms with Gasteiger partial charge in [0.25, 0.3) is 11.8 Å². The van der Waals surface area contributed by atoms with Gasteiger partial charge in [0.05, 0.1) is 21.3 Å². The molecule has 32 heavy (non-hydrogen) atoms. The molecule has 3 aromatic carbocycles. The molecule has 0 fully saturated rings. The number of hydrazine groups is 1. The Morgan fingerprint density at radius 1 is 0.750 bits per heavy atom. The molecule has 3 rings (SSSR count). The number of amides is 2. The molecule has 0 bridgehead atoms. The van der Waals surface area contributed by atoms with Crippen LogP contribution in [0.15, 0.2) is 66.7 Å². The van der Waals surface area contributed by atoms with Gasteiger partial charge >= 0.3 is 0 Å². The Morgan fingerprint density at radius 2 is 1.38 bits per heavy atom. The van der Waals surface area contributed by atoms with Gasteiger partial charge in [-0.15, -0.1) is 0 Å². The molecule has 166 valence electrons. The van der Waals surface area contributed by atoms with Crippen LogP contribution in [0.3, 0.4) is 0 Å². The maximum absolute atomic E-state index is 12.5. The fraction of sp³-hybridized carbons (Fsp3) is 0.167. The van der Waals surface area contributed by atoms with Crippen LogP contribution in [-0.4, -0.2) is 39.8 Å². The predicted molar refractivity (Wildman–Crippen MR) is 119 cm³/mol. The number of rotatable bonds is 8. The fourth-order valence-electron chi connectivity index (χ4n) is 3.04. The molecule has 8 nitrogen and oxygen atoms in total. The second kappa shape index (κ2) is 10.7. The standard InChI is InChI=1S/C24H24N2O6/c1-29-20-13-17(14-21(30-2)23(20)31-3)24(28)26-25-22(27)15-32-19-12-8-7-11-18(19)16-9-5-4-6-10-16/h4-14H,15H2,1-3H3,(H,25,27)(H,26,28). The molecule has 0 saturated carbocycles. The summed E-state index contributed by atoms with van der Waals surface area (Å²) in [6, 6.07) is 20.1. The fourth-order valence-corrected chi connectivity index (χ4v) is 3.04. The highest BCUT2D eigenvalue weighted by atomic mass is 16.5. The van der Waals surface area contributed by atoms with E-state index < -0.39 is 11.8 Å². The summed E-state index contributed by atoms with van der Waals surface area (Å²) in [7, 11) is 4.37. The second-order valence-corrected chi connectivity index (χ2v) is 6.57. The Kier molecular flexibility index (Phi) is 7.53. The van der Waals surface area contributed by atoms with Crippen LogP contribution in [0.1, 0.15) is 10.4 Å². The van der Waals surface area contributed by atoms with Crippen molar-refractivity contribution in [3.05, 3.63) is 72.3 Å². The van der Waals surface area contributed by atoms with Crippen LogP contribution in [-0.2, 0) is 4.79 Å². The Labute approximate surface area is 186 Å². The Balaban J connectivity index is 1.61.